The topological polar surface area (TPSA) is 52.9 Å². The van der Waals surface area contributed by atoms with Gasteiger partial charge in [-0.15, -0.1) is 0 Å². The van der Waals surface area contributed by atoms with E-state index in [0.717, 1.165) is 0 Å². The Hall–Kier alpha value is -1.18. The predicted octanol–water partition coefficient (Wildman–Crippen LogP) is 1.02. The Labute approximate surface area is 63.0 Å². The molecular weight excluding hydrogens is 154 g/mol. The second-order valence-corrected chi connectivity index (χ2v) is 2.05. The molecule has 0 aliphatic rings. The number of alkyl halides is 2. The number of nitrogens with zero attached hydrogens (tertiary/aromatic N) is 1. The number of amides is 1. The van der Waals surface area contributed by atoms with Crippen molar-refractivity contribution in [2.75, 3.05) is 0 Å². The van der Waals surface area contributed by atoms with E-state index in [4.69, 9.17) is 5.26 Å². The molecule has 0 aromatic carbocycles. The average molecular weight is 162 g/mol. The average Bonchev–Trinajstić information content (AvgIpc) is 1.87. The smallest absolute Gasteiger partial charge is 0.256 e. The highest BCUT2D eigenvalue weighted by Crippen LogP contribution is 2.21. The molecule has 11 heavy (non-hydrogen) atoms. The Bertz CT molecular complexity index is 186. The molecule has 1 N–H and O–H groups in total. The molecule has 0 bridgehead atoms. The Balaban J connectivity index is 3.86. The van der Waals surface area contributed by atoms with E-state index < -0.39 is 24.7 Å². The molecule has 0 radical (unpaired) electrons. The van der Waals surface area contributed by atoms with Crippen molar-refractivity contribution in [3.05, 3.63) is 0 Å². The summed E-state index contributed by atoms with van der Waals surface area (Å²) >= 11 is 0. The Morgan fingerprint density at radius 2 is 2.27 bits per heavy atom. The standard InChI is InChI=1S/C6H8F2N2O/c1-2-6(7,8)3-5(11)10-4-9/h2-3H2,1H3,(H,10,11). The van der Waals surface area contributed by atoms with Crippen LogP contribution in [-0.2, 0) is 4.79 Å². The van der Waals surface area contributed by atoms with E-state index in [-0.39, 0.29) is 0 Å². The molecule has 0 aliphatic heterocycles. The highest BCUT2D eigenvalue weighted by molar-refractivity contribution is 5.78. The van der Waals surface area contributed by atoms with Crippen LogP contribution in [0.3, 0.4) is 0 Å². The van der Waals surface area contributed by atoms with Crippen molar-refractivity contribution in [2.45, 2.75) is 25.7 Å². The highest BCUT2D eigenvalue weighted by Gasteiger charge is 2.29. The molecule has 3 nitrogen and oxygen atoms in total. The third kappa shape index (κ3) is 4.25. The van der Waals surface area contributed by atoms with Gasteiger partial charge in [-0.1, -0.05) is 6.92 Å². The van der Waals surface area contributed by atoms with Gasteiger partial charge in [0.25, 0.3) is 5.92 Å². The van der Waals surface area contributed by atoms with Crippen molar-refractivity contribution in [3.8, 4) is 6.19 Å². The van der Waals surface area contributed by atoms with Gasteiger partial charge in [-0.25, -0.2) is 8.78 Å². The zero-order valence-corrected chi connectivity index (χ0v) is 6.03. The maximum Gasteiger partial charge on any atom is 0.256 e. The molecule has 0 aliphatic carbocycles. The number of rotatable bonds is 3. The van der Waals surface area contributed by atoms with Crippen molar-refractivity contribution in [1.29, 1.82) is 5.26 Å². The van der Waals surface area contributed by atoms with Gasteiger partial charge in [0.1, 0.15) is 0 Å². The minimum absolute atomic E-state index is 0.397. The van der Waals surface area contributed by atoms with Gasteiger partial charge in [-0.2, -0.15) is 5.26 Å². The van der Waals surface area contributed by atoms with E-state index in [0.29, 0.717) is 0 Å². The fourth-order valence-electron chi connectivity index (χ4n) is 0.466. The van der Waals surface area contributed by atoms with Gasteiger partial charge >= 0.3 is 0 Å². The van der Waals surface area contributed by atoms with Gasteiger partial charge in [0.2, 0.25) is 5.91 Å². The van der Waals surface area contributed by atoms with E-state index >= 15 is 0 Å². The quantitative estimate of drug-likeness (QED) is 0.497. The van der Waals surface area contributed by atoms with Crippen LogP contribution < -0.4 is 5.32 Å². The van der Waals surface area contributed by atoms with Crippen LogP contribution in [0.1, 0.15) is 19.8 Å². The molecular formula is C6H8F2N2O. The SMILES string of the molecule is CCC(F)(F)CC(=O)NC#N. The lowest BCUT2D eigenvalue weighted by molar-refractivity contribution is -0.127. The van der Waals surface area contributed by atoms with Crippen LogP contribution in [0.4, 0.5) is 8.78 Å². The molecule has 0 fully saturated rings. The minimum Gasteiger partial charge on any atom is -0.274 e. The Morgan fingerprint density at radius 3 is 2.64 bits per heavy atom. The number of nitrogens with one attached hydrogen (secondary N) is 1. The molecule has 0 saturated heterocycles. The number of nitriles is 1. The summed E-state index contributed by atoms with van der Waals surface area (Å²) in [5.41, 5.74) is 0. The van der Waals surface area contributed by atoms with E-state index in [1.54, 1.807) is 5.32 Å². The molecule has 0 unspecified atom stereocenters. The molecule has 0 aromatic heterocycles. The number of carbonyl (C=O) groups excluding carboxylic acids is 1. The maximum absolute atomic E-state index is 12.4. The van der Waals surface area contributed by atoms with Crippen molar-refractivity contribution < 1.29 is 13.6 Å². The first kappa shape index (κ1) is 9.82. The number of carbonyl (C=O) groups is 1. The van der Waals surface area contributed by atoms with Crippen LogP contribution in [0, 0.1) is 11.5 Å². The molecule has 0 atom stereocenters. The summed E-state index contributed by atoms with van der Waals surface area (Å²) in [6.07, 6.45) is -0.0353. The van der Waals surface area contributed by atoms with Crippen LogP contribution in [0.5, 0.6) is 0 Å². The maximum atomic E-state index is 12.4. The monoisotopic (exact) mass is 162 g/mol. The zero-order valence-electron chi connectivity index (χ0n) is 6.03. The first-order valence-electron chi connectivity index (χ1n) is 3.07. The minimum atomic E-state index is -3.00. The largest absolute Gasteiger partial charge is 0.274 e. The van der Waals surface area contributed by atoms with E-state index in [9.17, 15) is 13.6 Å². The summed E-state index contributed by atoms with van der Waals surface area (Å²) in [7, 11) is 0. The zero-order chi connectivity index (χ0) is 8.91. The Kier molecular flexibility index (Phi) is 3.45. The summed E-state index contributed by atoms with van der Waals surface area (Å²) < 4.78 is 24.7. The first-order chi connectivity index (χ1) is 5.02. The van der Waals surface area contributed by atoms with Crippen LogP contribution in [0.2, 0.25) is 0 Å². The summed E-state index contributed by atoms with van der Waals surface area (Å²) in [6, 6.07) is 0. The van der Waals surface area contributed by atoms with Gasteiger partial charge in [0, 0.05) is 6.42 Å². The van der Waals surface area contributed by atoms with Crippen LogP contribution in [0.25, 0.3) is 0 Å². The summed E-state index contributed by atoms with van der Waals surface area (Å²) in [4.78, 5) is 10.4. The molecule has 0 saturated carbocycles. The van der Waals surface area contributed by atoms with Crippen LogP contribution in [0.15, 0.2) is 0 Å². The lowest BCUT2D eigenvalue weighted by Crippen LogP contribution is -2.27. The van der Waals surface area contributed by atoms with Crippen molar-refractivity contribution in [3.63, 3.8) is 0 Å². The van der Waals surface area contributed by atoms with Gasteiger partial charge in [0.05, 0.1) is 6.42 Å². The third-order valence-corrected chi connectivity index (χ3v) is 1.13. The van der Waals surface area contributed by atoms with Gasteiger partial charge in [-0.05, 0) is 0 Å². The van der Waals surface area contributed by atoms with E-state index in [1.807, 2.05) is 0 Å². The lowest BCUT2D eigenvalue weighted by atomic mass is 10.2. The molecule has 0 heterocycles. The number of halogens is 2. The van der Waals surface area contributed by atoms with Crippen molar-refractivity contribution in [2.24, 2.45) is 0 Å². The predicted molar refractivity (Wildman–Crippen MR) is 33.6 cm³/mol. The lowest BCUT2D eigenvalue weighted by Gasteiger charge is -2.10. The number of hydrogen-bond donors (Lipinski definition) is 1. The molecule has 0 aromatic rings. The fourth-order valence-corrected chi connectivity index (χ4v) is 0.466. The molecule has 62 valence electrons. The second kappa shape index (κ2) is 3.86. The van der Waals surface area contributed by atoms with E-state index in [2.05, 4.69) is 0 Å². The molecule has 0 rings (SSSR count). The van der Waals surface area contributed by atoms with Crippen molar-refractivity contribution >= 4 is 5.91 Å². The first-order valence-corrected chi connectivity index (χ1v) is 3.07. The summed E-state index contributed by atoms with van der Waals surface area (Å²) in [6.45, 7) is 1.28. The van der Waals surface area contributed by atoms with Crippen LogP contribution in [-0.4, -0.2) is 11.8 Å². The van der Waals surface area contributed by atoms with Crippen LogP contribution >= 0.6 is 0 Å². The molecule has 5 heteroatoms. The normalized spacial score (nSPS) is 10.4. The highest BCUT2D eigenvalue weighted by atomic mass is 19.3. The van der Waals surface area contributed by atoms with Gasteiger partial charge in [-0.3, -0.25) is 10.1 Å². The van der Waals surface area contributed by atoms with Gasteiger partial charge in [0.15, 0.2) is 6.19 Å². The second-order valence-electron chi connectivity index (χ2n) is 2.05. The molecule has 0 spiro atoms. The summed E-state index contributed by atoms with van der Waals surface area (Å²) in [5.74, 6) is -3.94. The van der Waals surface area contributed by atoms with E-state index in [1.165, 1.54) is 13.1 Å². The molecule has 1 amide bonds. The van der Waals surface area contributed by atoms with Gasteiger partial charge < -0.3 is 0 Å². The van der Waals surface area contributed by atoms with Crippen molar-refractivity contribution in [1.82, 2.24) is 5.32 Å². The Morgan fingerprint density at radius 1 is 1.73 bits per heavy atom. The third-order valence-electron chi connectivity index (χ3n) is 1.13. The fraction of sp³-hybridized carbons (Fsp3) is 0.667. The number of hydrogen-bond acceptors (Lipinski definition) is 2. The summed E-state index contributed by atoms with van der Waals surface area (Å²) in [5, 5.41) is 9.50.